The zero-order chi connectivity index (χ0) is 9.42. The van der Waals surface area contributed by atoms with E-state index in [4.69, 9.17) is 5.73 Å². The zero-order valence-electron chi connectivity index (χ0n) is 6.52. The Hall–Kier alpha value is -2.04. The van der Waals surface area contributed by atoms with Crippen molar-refractivity contribution in [1.82, 2.24) is 0 Å². The van der Waals surface area contributed by atoms with Gasteiger partial charge in [-0.1, -0.05) is 0 Å². The maximum atomic E-state index is 10.8. The Balaban J connectivity index is 2.85. The fraction of sp³-hybridized carbons (Fsp3) is 0. The minimum atomic E-state index is -0.849. The predicted molar refractivity (Wildman–Crippen MR) is 43.2 cm³/mol. The van der Waals surface area contributed by atoms with Crippen molar-refractivity contribution in [2.45, 2.75) is 0 Å². The van der Waals surface area contributed by atoms with Crippen molar-refractivity contribution in [3.63, 3.8) is 0 Å². The zero-order valence-corrected chi connectivity index (χ0v) is 6.52. The normalized spacial score (nSPS) is 14.5. The average molecular weight is 175 g/mol. The fourth-order valence-electron chi connectivity index (χ4n) is 1.04. The molecule has 1 aromatic carbocycles. The van der Waals surface area contributed by atoms with E-state index in [2.05, 4.69) is 9.98 Å². The van der Waals surface area contributed by atoms with Gasteiger partial charge in [-0.05, 0) is 18.2 Å². The Labute approximate surface area is 72.6 Å². The summed E-state index contributed by atoms with van der Waals surface area (Å²) in [4.78, 5) is 28.7. The van der Waals surface area contributed by atoms with Gasteiger partial charge < -0.3 is 5.73 Å². The SMILES string of the molecule is Nc1ccc2c(c1)=NC(=O)C(=O)N=2. The molecule has 0 saturated carbocycles. The van der Waals surface area contributed by atoms with Gasteiger partial charge in [0.2, 0.25) is 0 Å². The summed E-state index contributed by atoms with van der Waals surface area (Å²) in [5.74, 6) is -1.68. The molecular formula is C8H5N3O2. The first-order valence-electron chi connectivity index (χ1n) is 3.58. The van der Waals surface area contributed by atoms with Crippen LogP contribution in [0.25, 0.3) is 0 Å². The van der Waals surface area contributed by atoms with Crippen LogP contribution in [0.4, 0.5) is 5.69 Å². The molecule has 64 valence electrons. The molecule has 1 aliphatic heterocycles. The third-order valence-corrected chi connectivity index (χ3v) is 1.63. The summed E-state index contributed by atoms with van der Waals surface area (Å²) in [6.07, 6.45) is 0. The van der Waals surface area contributed by atoms with Crippen molar-refractivity contribution < 1.29 is 9.59 Å². The van der Waals surface area contributed by atoms with E-state index in [0.29, 0.717) is 16.4 Å². The second-order valence-electron chi connectivity index (χ2n) is 2.58. The quantitative estimate of drug-likeness (QED) is 0.387. The van der Waals surface area contributed by atoms with Crippen LogP contribution in [-0.4, -0.2) is 11.8 Å². The van der Waals surface area contributed by atoms with Crippen LogP contribution in [0.2, 0.25) is 0 Å². The summed E-state index contributed by atoms with van der Waals surface area (Å²) >= 11 is 0. The Kier molecular flexibility index (Phi) is 1.45. The molecule has 5 nitrogen and oxygen atoms in total. The van der Waals surface area contributed by atoms with Crippen molar-refractivity contribution in [3.8, 4) is 0 Å². The third kappa shape index (κ3) is 1.20. The lowest BCUT2D eigenvalue weighted by Crippen LogP contribution is -2.34. The Morgan fingerprint density at radius 3 is 2.31 bits per heavy atom. The number of nitrogens with zero attached hydrogens (tertiary/aromatic N) is 2. The molecule has 1 heterocycles. The van der Waals surface area contributed by atoms with Gasteiger partial charge in [-0.2, -0.15) is 0 Å². The van der Waals surface area contributed by atoms with E-state index < -0.39 is 11.8 Å². The second kappa shape index (κ2) is 2.48. The first kappa shape index (κ1) is 7.60. The highest BCUT2D eigenvalue weighted by molar-refractivity contribution is 6.36. The maximum Gasteiger partial charge on any atom is 0.338 e. The standard InChI is InChI=1S/C8H5N3O2/c9-4-1-2-5-6(3-4)11-8(13)7(12)10-5/h1-3H,9H2. The number of fused-ring (bicyclic) bond motifs is 1. The summed E-state index contributed by atoms with van der Waals surface area (Å²) in [6.45, 7) is 0. The highest BCUT2D eigenvalue weighted by Crippen LogP contribution is 1.92. The molecule has 2 amide bonds. The topological polar surface area (TPSA) is 84.9 Å². The van der Waals surface area contributed by atoms with Crippen LogP contribution in [0.3, 0.4) is 0 Å². The van der Waals surface area contributed by atoms with Crippen LogP contribution >= 0.6 is 0 Å². The fourth-order valence-corrected chi connectivity index (χ4v) is 1.04. The lowest BCUT2D eigenvalue weighted by Gasteiger charge is -1.97. The number of carbonyl (C=O) groups is 2. The van der Waals surface area contributed by atoms with E-state index in [1.807, 2.05) is 0 Å². The van der Waals surface area contributed by atoms with Gasteiger partial charge in [0.15, 0.2) is 0 Å². The number of carbonyl (C=O) groups excluding carboxylic acids is 2. The van der Waals surface area contributed by atoms with Crippen molar-refractivity contribution in [2.24, 2.45) is 9.98 Å². The molecule has 0 unspecified atom stereocenters. The predicted octanol–water partition coefficient (Wildman–Crippen LogP) is -1.43. The number of benzene rings is 1. The van der Waals surface area contributed by atoms with Gasteiger partial charge in [-0.3, -0.25) is 9.59 Å². The van der Waals surface area contributed by atoms with Crippen LogP contribution < -0.4 is 16.4 Å². The molecule has 0 saturated heterocycles. The van der Waals surface area contributed by atoms with E-state index in [1.54, 1.807) is 12.1 Å². The van der Waals surface area contributed by atoms with Gasteiger partial charge in [-0.25, -0.2) is 9.98 Å². The van der Waals surface area contributed by atoms with Gasteiger partial charge in [0, 0.05) is 5.69 Å². The molecule has 0 radical (unpaired) electrons. The number of amides is 2. The van der Waals surface area contributed by atoms with Crippen molar-refractivity contribution >= 4 is 17.5 Å². The van der Waals surface area contributed by atoms with E-state index >= 15 is 0 Å². The minimum Gasteiger partial charge on any atom is -0.399 e. The van der Waals surface area contributed by atoms with E-state index in [0.717, 1.165) is 0 Å². The second-order valence-corrected chi connectivity index (χ2v) is 2.58. The van der Waals surface area contributed by atoms with Gasteiger partial charge in [0.1, 0.15) is 0 Å². The highest BCUT2D eigenvalue weighted by Gasteiger charge is 2.14. The number of rotatable bonds is 0. The number of hydrogen-bond acceptors (Lipinski definition) is 3. The molecule has 0 aromatic heterocycles. The van der Waals surface area contributed by atoms with Gasteiger partial charge in [0.25, 0.3) is 0 Å². The molecule has 0 aliphatic carbocycles. The molecule has 13 heavy (non-hydrogen) atoms. The summed E-state index contributed by atoms with van der Waals surface area (Å²) < 4.78 is 0. The number of nitrogens with two attached hydrogens (primary N) is 1. The summed E-state index contributed by atoms with van der Waals surface area (Å²) in [5, 5.41) is 0.739. The first-order valence-corrected chi connectivity index (χ1v) is 3.58. The van der Waals surface area contributed by atoms with Crippen molar-refractivity contribution in [1.29, 1.82) is 0 Å². The molecule has 0 fully saturated rings. The third-order valence-electron chi connectivity index (χ3n) is 1.63. The molecule has 5 heteroatoms. The van der Waals surface area contributed by atoms with Crippen LogP contribution in [0.1, 0.15) is 0 Å². The molecule has 2 rings (SSSR count). The summed E-state index contributed by atoms with van der Waals surface area (Å²) in [5.41, 5.74) is 5.95. The lowest BCUT2D eigenvalue weighted by atomic mass is 10.3. The molecule has 1 aliphatic rings. The minimum absolute atomic E-state index is 0.351. The maximum absolute atomic E-state index is 10.8. The largest absolute Gasteiger partial charge is 0.399 e. The Morgan fingerprint density at radius 1 is 1.00 bits per heavy atom. The van der Waals surface area contributed by atoms with Crippen LogP contribution in [0.5, 0.6) is 0 Å². The van der Waals surface area contributed by atoms with Gasteiger partial charge >= 0.3 is 11.8 Å². The van der Waals surface area contributed by atoms with Crippen molar-refractivity contribution in [2.75, 3.05) is 5.73 Å². The highest BCUT2D eigenvalue weighted by atomic mass is 16.2. The molecular weight excluding hydrogens is 170 g/mol. The van der Waals surface area contributed by atoms with Crippen LogP contribution in [0, 0.1) is 0 Å². The monoisotopic (exact) mass is 175 g/mol. The molecule has 2 N–H and O–H groups in total. The molecule has 0 bridgehead atoms. The van der Waals surface area contributed by atoms with Crippen molar-refractivity contribution in [3.05, 3.63) is 28.9 Å². The summed E-state index contributed by atoms with van der Waals surface area (Å²) in [6, 6.07) is 4.66. The smallest absolute Gasteiger partial charge is 0.338 e. The molecule has 0 spiro atoms. The molecule has 0 atom stereocenters. The van der Waals surface area contributed by atoms with E-state index in [1.165, 1.54) is 6.07 Å². The summed E-state index contributed by atoms with van der Waals surface area (Å²) in [7, 11) is 0. The number of nitrogen functional groups attached to an aromatic ring is 1. The molecule has 1 aromatic rings. The Morgan fingerprint density at radius 2 is 1.62 bits per heavy atom. The van der Waals surface area contributed by atoms with E-state index in [9.17, 15) is 9.59 Å². The van der Waals surface area contributed by atoms with Crippen LogP contribution in [-0.2, 0) is 9.59 Å². The lowest BCUT2D eigenvalue weighted by molar-refractivity contribution is -0.135. The Bertz CT molecular complexity index is 519. The average Bonchev–Trinajstić information content (AvgIpc) is 2.08. The van der Waals surface area contributed by atoms with Gasteiger partial charge in [-0.15, -0.1) is 0 Å². The first-order chi connectivity index (χ1) is 6.16. The number of hydrogen-bond donors (Lipinski definition) is 1. The number of anilines is 1. The van der Waals surface area contributed by atoms with Crippen LogP contribution in [0.15, 0.2) is 28.2 Å². The van der Waals surface area contributed by atoms with Gasteiger partial charge in [0.05, 0.1) is 10.7 Å². The van der Waals surface area contributed by atoms with E-state index in [-0.39, 0.29) is 0 Å².